The van der Waals surface area contributed by atoms with Crippen LogP contribution >= 0.6 is 0 Å². The summed E-state index contributed by atoms with van der Waals surface area (Å²) in [5.74, 6) is 1.62. The Balaban J connectivity index is 1.90. The second-order valence-corrected chi connectivity index (χ2v) is 5.67. The predicted octanol–water partition coefficient (Wildman–Crippen LogP) is 2.48. The quantitative estimate of drug-likeness (QED) is 0.759. The van der Waals surface area contributed by atoms with Crippen molar-refractivity contribution in [1.82, 2.24) is 14.9 Å². The van der Waals surface area contributed by atoms with Crippen molar-refractivity contribution in [3.05, 3.63) is 48.2 Å². The Morgan fingerprint density at radius 1 is 1.05 bits per heavy atom. The number of benzene rings is 1. The summed E-state index contributed by atoms with van der Waals surface area (Å²) in [6, 6.07) is 12.3. The Bertz CT molecular complexity index is 556. The second-order valence-electron chi connectivity index (χ2n) is 5.67. The van der Waals surface area contributed by atoms with Crippen molar-refractivity contribution in [2.75, 3.05) is 44.4 Å². The molecule has 0 spiro atoms. The van der Waals surface area contributed by atoms with Gasteiger partial charge in [-0.15, -0.1) is 0 Å². The van der Waals surface area contributed by atoms with Crippen LogP contribution in [0.5, 0.6) is 0 Å². The summed E-state index contributed by atoms with van der Waals surface area (Å²) in [6.07, 6.45) is 2.89. The molecule has 2 aromatic rings. The third-order valence-corrected chi connectivity index (χ3v) is 3.34. The van der Waals surface area contributed by atoms with Crippen molar-refractivity contribution < 1.29 is 0 Å². The molecule has 0 bridgehead atoms. The van der Waals surface area contributed by atoms with Crippen LogP contribution in [0.3, 0.4) is 0 Å². The van der Waals surface area contributed by atoms with Crippen LogP contribution in [0, 0.1) is 0 Å². The molecule has 1 aromatic carbocycles. The van der Waals surface area contributed by atoms with E-state index in [1.807, 2.05) is 31.3 Å². The van der Waals surface area contributed by atoms with Gasteiger partial charge >= 0.3 is 0 Å². The molecular formula is C17H25N5. The molecular weight excluding hydrogens is 274 g/mol. The van der Waals surface area contributed by atoms with Crippen molar-refractivity contribution in [3.63, 3.8) is 0 Å². The Morgan fingerprint density at radius 3 is 2.55 bits per heavy atom. The molecule has 0 saturated carbocycles. The van der Waals surface area contributed by atoms with Gasteiger partial charge < -0.3 is 15.1 Å². The van der Waals surface area contributed by atoms with E-state index in [9.17, 15) is 0 Å². The van der Waals surface area contributed by atoms with Crippen LogP contribution in [-0.4, -0.2) is 49.1 Å². The van der Waals surface area contributed by atoms with Crippen LogP contribution in [0.4, 0.5) is 11.8 Å². The molecule has 0 fully saturated rings. The minimum Gasteiger partial charge on any atom is -0.370 e. The zero-order valence-electron chi connectivity index (χ0n) is 13.7. The number of nitrogens with one attached hydrogen (secondary N) is 1. The summed E-state index contributed by atoms with van der Waals surface area (Å²) in [7, 11) is 6.18. The van der Waals surface area contributed by atoms with E-state index in [1.54, 1.807) is 6.20 Å². The van der Waals surface area contributed by atoms with Crippen LogP contribution in [0.1, 0.15) is 12.0 Å². The minimum atomic E-state index is 0.737. The van der Waals surface area contributed by atoms with E-state index in [-0.39, 0.29) is 0 Å². The highest BCUT2D eigenvalue weighted by Gasteiger charge is 2.06. The molecule has 22 heavy (non-hydrogen) atoms. The smallest absolute Gasteiger partial charge is 0.227 e. The van der Waals surface area contributed by atoms with Crippen molar-refractivity contribution >= 4 is 11.8 Å². The monoisotopic (exact) mass is 299 g/mol. The van der Waals surface area contributed by atoms with Gasteiger partial charge in [0.2, 0.25) is 5.95 Å². The number of rotatable bonds is 8. The van der Waals surface area contributed by atoms with E-state index in [4.69, 9.17) is 0 Å². The fourth-order valence-corrected chi connectivity index (χ4v) is 2.17. The molecule has 0 atom stereocenters. The van der Waals surface area contributed by atoms with Crippen LogP contribution < -0.4 is 10.2 Å². The molecule has 5 heteroatoms. The number of hydrogen-bond donors (Lipinski definition) is 1. The fraction of sp³-hybridized carbons (Fsp3) is 0.412. The third kappa shape index (κ3) is 5.33. The zero-order chi connectivity index (χ0) is 15.8. The van der Waals surface area contributed by atoms with E-state index >= 15 is 0 Å². The molecule has 1 heterocycles. The van der Waals surface area contributed by atoms with Gasteiger partial charge in [0, 0.05) is 26.3 Å². The SMILES string of the molecule is CN(C)CCCNc1ccnc(N(C)Cc2ccccc2)n1. The van der Waals surface area contributed by atoms with Gasteiger partial charge in [0.15, 0.2) is 0 Å². The molecule has 1 aromatic heterocycles. The first-order valence-corrected chi connectivity index (χ1v) is 7.62. The van der Waals surface area contributed by atoms with Gasteiger partial charge in [-0.25, -0.2) is 4.98 Å². The van der Waals surface area contributed by atoms with Gasteiger partial charge in [0.1, 0.15) is 5.82 Å². The standard InChI is InChI=1S/C17H25N5/c1-21(2)13-7-11-18-16-10-12-19-17(20-16)22(3)14-15-8-5-4-6-9-15/h4-6,8-10,12H,7,11,13-14H2,1-3H3,(H,18,19,20). The summed E-state index contributed by atoms with van der Waals surface area (Å²) in [6.45, 7) is 2.78. The molecule has 2 rings (SSSR count). The lowest BCUT2D eigenvalue weighted by atomic mass is 10.2. The highest BCUT2D eigenvalue weighted by atomic mass is 15.2. The van der Waals surface area contributed by atoms with Crippen molar-refractivity contribution in [3.8, 4) is 0 Å². The topological polar surface area (TPSA) is 44.3 Å². The molecule has 0 aliphatic heterocycles. The maximum atomic E-state index is 4.58. The molecule has 0 saturated heterocycles. The molecule has 118 valence electrons. The predicted molar refractivity (Wildman–Crippen MR) is 92.2 cm³/mol. The van der Waals surface area contributed by atoms with Gasteiger partial charge in [-0.3, -0.25) is 0 Å². The molecule has 1 N–H and O–H groups in total. The summed E-state index contributed by atoms with van der Waals surface area (Å²) < 4.78 is 0. The van der Waals surface area contributed by atoms with Crippen LogP contribution in [0.15, 0.2) is 42.6 Å². The number of aromatic nitrogens is 2. The Labute approximate surface area is 133 Å². The number of nitrogens with zero attached hydrogens (tertiary/aromatic N) is 4. The zero-order valence-corrected chi connectivity index (χ0v) is 13.7. The lowest BCUT2D eigenvalue weighted by Gasteiger charge is -2.18. The molecule has 5 nitrogen and oxygen atoms in total. The van der Waals surface area contributed by atoms with Crippen LogP contribution in [-0.2, 0) is 6.54 Å². The van der Waals surface area contributed by atoms with Crippen LogP contribution in [0.25, 0.3) is 0 Å². The normalized spacial score (nSPS) is 10.7. The first-order chi connectivity index (χ1) is 10.6. The maximum absolute atomic E-state index is 4.58. The van der Waals surface area contributed by atoms with E-state index in [0.29, 0.717) is 0 Å². The molecule has 0 unspecified atom stereocenters. The van der Waals surface area contributed by atoms with Crippen molar-refractivity contribution in [1.29, 1.82) is 0 Å². The van der Waals surface area contributed by atoms with Gasteiger partial charge in [-0.2, -0.15) is 4.98 Å². The molecule has 0 aliphatic carbocycles. The van der Waals surface area contributed by atoms with Gasteiger partial charge in [0.05, 0.1) is 0 Å². The summed E-state index contributed by atoms with van der Waals surface area (Å²) in [4.78, 5) is 13.2. The average molecular weight is 299 g/mol. The first-order valence-electron chi connectivity index (χ1n) is 7.62. The molecule has 0 amide bonds. The largest absolute Gasteiger partial charge is 0.370 e. The van der Waals surface area contributed by atoms with Crippen molar-refractivity contribution in [2.45, 2.75) is 13.0 Å². The fourth-order valence-electron chi connectivity index (χ4n) is 2.17. The van der Waals surface area contributed by atoms with E-state index < -0.39 is 0 Å². The van der Waals surface area contributed by atoms with Crippen molar-refractivity contribution in [2.24, 2.45) is 0 Å². The van der Waals surface area contributed by atoms with Gasteiger partial charge in [-0.05, 0) is 38.7 Å². The number of anilines is 2. The van der Waals surface area contributed by atoms with E-state index in [0.717, 1.165) is 37.8 Å². The third-order valence-electron chi connectivity index (χ3n) is 3.34. The molecule has 0 radical (unpaired) electrons. The van der Waals surface area contributed by atoms with E-state index in [1.165, 1.54) is 5.56 Å². The first kappa shape index (κ1) is 16.2. The van der Waals surface area contributed by atoms with Gasteiger partial charge in [-0.1, -0.05) is 30.3 Å². The summed E-state index contributed by atoms with van der Waals surface area (Å²) in [5.41, 5.74) is 1.25. The number of hydrogen-bond acceptors (Lipinski definition) is 5. The highest BCUT2D eigenvalue weighted by Crippen LogP contribution is 2.12. The van der Waals surface area contributed by atoms with Crippen LogP contribution in [0.2, 0.25) is 0 Å². The lowest BCUT2D eigenvalue weighted by Crippen LogP contribution is -2.20. The molecule has 0 aliphatic rings. The minimum absolute atomic E-state index is 0.737. The lowest BCUT2D eigenvalue weighted by molar-refractivity contribution is 0.405. The van der Waals surface area contributed by atoms with Gasteiger partial charge in [0.25, 0.3) is 0 Å². The maximum Gasteiger partial charge on any atom is 0.227 e. The Kier molecular flexibility index (Phi) is 6.15. The summed E-state index contributed by atoms with van der Waals surface area (Å²) >= 11 is 0. The Hall–Kier alpha value is -2.14. The second kappa shape index (κ2) is 8.34. The average Bonchev–Trinajstić information content (AvgIpc) is 2.53. The van der Waals surface area contributed by atoms with E-state index in [2.05, 4.69) is 51.3 Å². The Morgan fingerprint density at radius 2 is 1.82 bits per heavy atom. The highest BCUT2D eigenvalue weighted by molar-refractivity contribution is 5.41. The summed E-state index contributed by atoms with van der Waals surface area (Å²) in [5, 5.41) is 3.35.